The van der Waals surface area contributed by atoms with E-state index in [4.69, 9.17) is 0 Å². The topological polar surface area (TPSA) is 40.5 Å². The highest BCUT2D eigenvalue weighted by atomic mass is 16.4. The van der Waals surface area contributed by atoms with Crippen molar-refractivity contribution >= 4 is 5.97 Å². The maximum Gasteiger partial charge on any atom is 0.308 e. The van der Waals surface area contributed by atoms with Crippen LogP contribution in [0.2, 0.25) is 0 Å². The molecule has 0 amide bonds. The Morgan fingerprint density at radius 3 is 2.22 bits per heavy atom. The van der Waals surface area contributed by atoms with Gasteiger partial charge in [0.05, 0.1) is 5.92 Å². The second kappa shape index (κ2) is 4.84. The first kappa shape index (κ1) is 13.9. The fraction of sp³-hybridized carbons (Fsp3) is 0.933. The van der Waals surface area contributed by atoms with E-state index in [1.807, 2.05) is 0 Å². The van der Waals surface area contributed by atoms with Gasteiger partial charge in [-0.25, -0.2) is 0 Å². The predicted octanol–water partition coefficient (Wildman–Crippen LogP) is 3.00. The monoisotopic (exact) mass is 253 g/mol. The second-order valence-electron chi connectivity index (χ2n) is 7.28. The molecular weight excluding hydrogens is 226 g/mol. The Morgan fingerprint density at radius 2 is 1.78 bits per heavy atom. The van der Waals surface area contributed by atoms with E-state index >= 15 is 0 Å². The molecule has 3 atom stereocenters. The van der Waals surface area contributed by atoms with E-state index in [-0.39, 0.29) is 12.0 Å². The molecule has 0 spiro atoms. The minimum Gasteiger partial charge on any atom is -0.481 e. The molecule has 3 nitrogen and oxygen atoms in total. The van der Waals surface area contributed by atoms with Crippen LogP contribution in [0.25, 0.3) is 0 Å². The lowest BCUT2D eigenvalue weighted by Gasteiger charge is -2.44. The molecular formula is C15H27NO2. The Morgan fingerprint density at radius 1 is 1.17 bits per heavy atom. The smallest absolute Gasteiger partial charge is 0.308 e. The number of hydrogen-bond donors (Lipinski definition) is 1. The molecule has 0 radical (unpaired) electrons. The zero-order chi connectivity index (χ0) is 13.5. The van der Waals surface area contributed by atoms with Gasteiger partial charge in [-0.05, 0) is 50.5 Å². The zero-order valence-electron chi connectivity index (χ0n) is 12.1. The molecule has 0 aromatic carbocycles. The number of nitrogens with zero attached hydrogens (tertiary/aromatic N) is 1. The van der Waals surface area contributed by atoms with Gasteiger partial charge in [-0.2, -0.15) is 0 Å². The number of aliphatic carboxylic acids is 1. The molecule has 2 saturated carbocycles. The second-order valence-corrected chi connectivity index (χ2v) is 7.28. The Labute approximate surface area is 111 Å². The lowest BCUT2D eigenvalue weighted by Crippen LogP contribution is -2.48. The highest BCUT2D eigenvalue weighted by Crippen LogP contribution is 2.43. The minimum absolute atomic E-state index is 0.158. The van der Waals surface area contributed by atoms with E-state index in [1.165, 1.54) is 12.8 Å². The Bertz CT molecular complexity index is 317. The van der Waals surface area contributed by atoms with E-state index < -0.39 is 5.97 Å². The van der Waals surface area contributed by atoms with Gasteiger partial charge >= 0.3 is 5.97 Å². The quantitative estimate of drug-likeness (QED) is 0.840. The number of carbonyl (C=O) groups is 1. The molecule has 0 aromatic rings. The Kier molecular flexibility index (Phi) is 3.72. The fourth-order valence-corrected chi connectivity index (χ4v) is 3.42. The molecule has 1 N–H and O–H groups in total. The van der Waals surface area contributed by atoms with Crippen LogP contribution >= 0.6 is 0 Å². The van der Waals surface area contributed by atoms with Crippen molar-refractivity contribution < 1.29 is 9.90 Å². The maximum absolute atomic E-state index is 11.4. The molecule has 2 fully saturated rings. The van der Waals surface area contributed by atoms with Gasteiger partial charge in [0.15, 0.2) is 0 Å². The third kappa shape index (κ3) is 2.87. The molecule has 3 heteroatoms. The number of rotatable bonds is 3. The summed E-state index contributed by atoms with van der Waals surface area (Å²) in [4.78, 5) is 13.8. The first-order valence-electron chi connectivity index (χ1n) is 7.25. The molecule has 2 aliphatic rings. The van der Waals surface area contributed by atoms with Crippen LogP contribution in [0.1, 0.15) is 52.9 Å². The van der Waals surface area contributed by atoms with Crippen LogP contribution in [0, 0.1) is 17.3 Å². The van der Waals surface area contributed by atoms with Crippen LogP contribution in [0.15, 0.2) is 0 Å². The molecule has 0 saturated heterocycles. The van der Waals surface area contributed by atoms with Crippen LogP contribution < -0.4 is 0 Å². The molecule has 104 valence electrons. The van der Waals surface area contributed by atoms with Crippen molar-refractivity contribution in [2.75, 3.05) is 7.05 Å². The molecule has 2 aliphatic carbocycles. The normalized spacial score (nSPS) is 33.7. The van der Waals surface area contributed by atoms with Crippen LogP contribution in [-0.2, 0) is 4.79 Å². The summed E-state index contributed by atoms with van der Waals surface area (Å²) in [6, 6.07) is 0.892. The molecule has 0 aliphatic heterocycles. The summed E-state index contributed by atoms with van der Waals surface area (Å²) < 4.78 is 0. The predicted molar refractivity (Wildman–Crippen MR) is 72.5 cm³/mol. The van der Waals surface area contributed by atoms with Gasteiger partial charge in [-0.3, -0.25) is 9.69 Å². The summed E-state index contributed by atoms with van der Waals surface area (Å²) in [5.74, 6) is -0.103. The van der Waals surface area contributed by atoms with Gasteiger partial charge in [0.1, 0.15) is 0 Å². The highest BCUT2D eigenvalue weighted by Gasteiger charge is 2.43. The van der Waals surface area contributed by atoms with E-state index in [2.05, 4.69) is 32.7 Å². The van der Waals surface area contributed by atoms with E-state index in [0.717, 1.165) is 19.3 Å². The van der Waals surface area contributed by atoms with Crippen LogP contribution in [0.5, 0.6) is 0 Å². The van der Waals surface area contributed by atoms with Crippen molar-refractivity contribution in [3.63, 3.8) is 0 Å². The van der Waals surface area contributed by atoms with Crippen molar-refractivity contribution in [2.45, 2.75) is 65.0 Å². The third-order valence-electron chi connectivity index (χ3n) is 5.00. The van der Waals surface area contributed by atoms with Crippen molar-refractivity contribution in [1.29, 1.82) is 0 Å². The van der Waals surface area contributed by atoms with Crippen LogP contribution in [0.4, 0.5) is 0 Å². The van der Waals surface area contributed by atoms with E-state index in [1.54, 1.807) is 0 Å². The summed E-state index contributed by atoms with van der Waals surface area (Å²) in [5, 5.41) is 9.42. The summed E-state index contributed by atoms with van der Waals surface area (Å²) in [6.07, 6.45) is 5.46. The lowest BCUT2D eigenvalue weighted by molar-refractivity contribution is -0.146. The molecule has 18 heavy (non-hydrogen) atoms. The average molecular weight is 253 g/mol. The number of carboxylic acid groups (broad SMARTS) is 1. The van der Waals surface area contributed by atoms with Crippen LogP contribution in [-0.4, -0.2) is 35.1 Å². The highest BCUT2D eigenvalue weighted by molar-refractivity contribution is 5.71. The Hall–Kier alpha value is -0.570. The van der Waals surface area contributed by atoms with Gasteiger partial charge in [0.2, 0.25) is 0 Å². The molecule has 0 aromatic heterocycles. The standard InChI is InChI=1S/C15H27NO2/c1-15(2,3)10-5-8-12(14(17)18)13(9-10)16(4)11-6-7-11/h10-13H,5-9H2,1-4H3,(H,17,18). The van der Waals surface area contributed by atoms with Crippen molar-refractivity contribution in [3.05, 3.63) is 0 Å². The van der Waals surface area contributed by atoms with Gasteiger partial charge < -0.3 is 5.11 Å². The lowest BCUT2D eigenvalue weighted by atomic mass is 9.67. The van der Waals surface area contributed by atoms with Crippen molar-refractivity contribution in [1.82, 2.24) is 4.90 Å². The van der Waals surface area contributed by atoms with E-state index in [0.29, 0.717) is 17.4 Å². The van der Waals surface area contributed by atoms with E-state index in [9.17, 15) is 9.90 Å². The van der Waals surface area contributed by atoms with Gasteiger partial charge in [-0.1, -0.05) is 20.8 Å². The summed E-state index contributed by atoms with van der Waals surface area (Å²) in [5.41, 5.74) is 0.298. The molecule has 0 heterocycles. The average Bonchev–Trinajstić information content (AvgIpc) is 3.09. The zero-order valence-corrected chi connectivity index (χ0v) is 12.1. The van der Waals surface area contributed by atoms with Crippen LogP contribution in [0.3, 0.4) is 0 Å². The molecule has 2 rings (SSSR count). The fourth-order valence-electron chi connectivity index (χ4n) is 3.42. The summed E-state index contributed by atoms with van der Waals surface area (Å²) >= 11 is 0. The first-order chi connectivity index (χ1) is 8.30. The first-order valence-corrected chi connectivity index (χ1v) is 7.25. The van der Waals surface area contributed by atoms with Crippen molar-refractivity contribution in [2.24, 2.45) is 17.3 Å². The summed E-state index contributed by atoms with van der Waals surface area (Å²) in [7, 11) is 2.13. The number of carboxylic acids is 1. The summed E-state index contributed by atoms with van der Waals surface area (Å²) in [6.45, 7) is 6.85. The third-order valence-corrected chi connectivity index (χ3v) is 5.00. The van der Waals surface area contributed by atoms with Gasteiger partial charge in [0.25, 0.3) is 0 Å². The number of hydrogen-bond acceptors (Lipinski definition) is 2. The van der Waals surface area contributed by atoms with Crippen molar-refractivity contribution in [3.8, 4) is 0 Å². The minimum atomic E-state index is -0.597. The Balaban J connectivity index is 2.10. The molecule has 0 bridgehead atoms. The largest absolute Gasteiger partial charge is 0.481 e. The van der Waals surface area contributed by atoms with Gasteiger partial charge in [-0.15, -0.1) is 0 Å². The van der Waals surface area contributed by atoms with Gasteiger partial charge in [0, 0.05) is 12.1 Å². The SMILES string of the molecule is CN(C1CC1)C1CC(C(C)(C)C)CCC1C(=O)O. The maximum atomic E-state index is 11.4. The molecule has 3 unspecified atom stereocenters.